The molecule has 0 saturated heterocycles. The van der Waals surface area contributed by atoms with Crippen LogP contribution in [0.4, 0.5) is 0 Å². The molecule has 0 aromatic heterocycles. The van der Waals surface area contributed by atoms with Crippen LogP contribution in [0.3, 0.4) is 0 Å². The first kappa shape index (κ1) is 8.58. The second kappa shape index (κ2) is 3.75. The highest BCUT2D eigenvalue weighted by Crippen LogP contribution is 2.33. The van der Waals surface area contributed by atoms with Gasteiger partial charge in [-0.1, -0.05) is 5.92 Å². The van der Waals surface area contributed by atoms with E-state index in [0.29, 0.717) is 6.54 Å². The Bertz CT molecular complexity index is 155. The Morgan fingerprint density at radius 1 is 1.55 bits per heavy atom. The van der Waals surface area contributed by atoms with Gasteiger partial charge in [0, 0.05) is 0 Å². The minimum atomic E-state index is -0.360. The zero-order valence-corrected chi connectivity index (χ0v) is 6.77. The summed E-state index contributed by atoms with van der Waals surface area (Å²) in [7, 11) is 0. The SMILES string of the molecule is C#CCNCCC1(O)CCC1. The number of nitrogens with one attached hydrogen (secondary N) is 1. The van der Waals surface area contributed by atoms with Gasteiger partial charge < -0.3 is 10.4 Å². The van der Waals surface area contributed by atoms with Crippen molar-refractivity contribution in [3.05, 3.63) is 0 Å². The predicted octanol–water partition coefficient (Wildman–Crippen LogP) is 0.514. The molecule has 0 aromatic rings. The van der Waals surface area contributed by atoms with Gasteiger partial charge in [0.2, 0.25) is 0 Å². The highest BCUT2D eigenvalue weighted by molar-refractivity contribution is 4.90. The molecule has 0 heterocycles. The van der Waals surface area contributed by atoms with Crippen molar-refractivity contribution in [2.75, 3.05) is 13.1 Å². The topological polar surface area (TPSA) is 32.3 Å². The summed E-state index contributed by atoms with van der Waals surface area (Å²) in [6.07, 6.45) is 8.99. The summed E-state index contributed by atoms with van der Waals surface area (Å²) in [4.78, 5) is 0. The highest BCUT2D eigenvalue weighted by atomic mass is 16.3. The van der Waals surface area contributed by atoms with Gasteiger partial charge in [0.1, 0.15) is 0 Å². The van der Waals surface area contributed by atoms with E-state index >= 15 is 0 Å². The average Bonchev–Trinajstić information content (AvgIpc) is 1.95. The average molecular weight is 153 g/mol. The highest BCUT2D eigenvalue weighted by Gasteiger charge is 2.33. The summed E-state index contributed by atoms with van der Waals surface area (Å²) in [6.45, 7) is 1.44. The minimum absolute atomic E-state index is 0.360. The minimum Gasteiger partial charge on any atom is -0.390 e. The molecule has 1 aliphatic carbocycles. The van der Waals surface area contributed by atoms with Crippen molar-refractivity contribution in [3.63, 3.8) is 0 Å². The van der Waals surface area contributed by atoms with Gasteiger partial charge in [-0.05, 0) is 32.2 Å². The van der Waals surface area contributed by atoms with Gasteiger partial charge in [0.15, 0.2) is 0 Å². The smallest absolute Gasteiger partial charge is 0.0660 e. The molecule has 1 aliphatic rings. The lowest BCUT2D eigenvalue weighted by Gasteiger charge is -2.36. The van der Waals surface area contributed by atoms with Crippen molar-refractivity contribution in [1.29, 1.82) is 0 Å². The monoisotopic (exact) mass is 153 g/mol. The third-order valence-corrected chi connectivity index (χ3v) is 2.28. The second-order valence-corrected chi connectivity index (χ2v) is 3.21. The molecule has 0 bridgehead atoms. The normalized spacial score (nSPS) is 20.4. The van der Waals surface area contributed by atoms with Crippen molar-refractivity contribution in [1.82, 2.24) is 5.32 Å². The Balaban J connectivity index is 1.99. The van der Waals surface area contributed by atoms with E-state index in [1.807, 2.05) is 0 Å². The molecule has 1 rings (SSSR count). The molecule has 11 heavy (non-hydrogen) atoms. The summed E-state index contributed by atoms with van der Waals surface area (Å²) >= 11 is 0. The molecule has 0 amide bonds. The molecule has 0 atom stereocenters. The van der Waals surface area contributed by atoms with Gasteiger partial charge in [-0.2, -0.15) is 0 Å². The summed E-state index contributed by atoms with van der Waals surface area (Å²) in [6, 6.07) is 0. The third-order valence-electron chi connectivity index (χ3n) is 2.28. The predicted molar refractivity (Wildman–Crippen MR) is 45.1 cm³/mol. The summed E-state index contributed by atoms with van der Waals surface area (Å²) in [5.74, 6) is 2.50. The molecule has 2 nitrogen and oxygen atoms in total. The van der Waals surface area contributed by atoms with Crippen LogP contribution in [0.1, 0.15) is 25.7 Å². The van der Waals surface area contributed by atoms with Crippen LogP contribution in [-0.4, -0.2) is 23.8 Å². The maximum Gasteiger partial charge on any atom is 0.0660 e. The van der Waals surface area contributed by atoms with Gasteiger partial charge in [-0.3, -0.25) is 0 Å². The van der Waals surface area contributed by atoms with Crippen molar-refractivity contribution in [3.8, 4) is 12.3 Å². The van der Waals surface area contributed by atoms with Crippen LogP contribution in [-0.2, 0) is 0 Å². The molecular weight excluding hydrogens is 138 g/mol. The Labute approximate surface area is 68.0 Å². The number of hydrogen-bond acceptors (Lipinski definition) is 2. The van der Waals surface area contributed by atoms with E-state index < -0.39 is 0 Å². The maximum atomic E-state index is 9.62. The number of hydrogen-bond donors (Lipinski definition) is 2. The van der Waals surface area contributed by atoms with Gasteiger partial charge in [0.25, 0.3) is 0 Å². The largest absolute Gasteiger partial charge is 0.390 e. The maximum absolute atomic E-state index is 9.62. The lowest BCUT2D eigenvalue weighted by molar-refractivity contribution is -0.0392. The second-order valence-electron chi connectivity index (χ2n) is 3.21. The lowest BCUT2D eigenvalue weighted by Crippen LogP contribution is -2.39. The Morgan fingerprint density at radius 3 is 2.73 bits per heavy atom. The van der Waals surface area contributed by atoms with Crippen LogP contribution >= 0.6 is 0 Å². The fraction of sp³-hybridized carbons (Fsp3) is 0.778. The van der Waals surface area contributed by atoms with Crippen molar-refractivity contribution in [2.45, 2.75) is 31.3 Å². The van der Waals surface area contributed by atoms with E-state index in [1.165, 1.54) is 6.42 Å². The summed E-state index contributed by atoms with van der Waals surface area (Å²) in [5, 5.41) is 12.7. The molecule has 0 aliphatic heterocycles. The van der Waals surface area contributed by atoms with Crippen LogP contribution in [0.15, 0.2) is 0 Å². The quantitative estimate of drug-likeness (QED) is 0.456. The van der Waals surface area contributed by atoms with Gasteiger partial charge in [0.05, 0.1) is 12.1 Å². The molecule has 2 heteroatoms. The lowest BCUT2D eigenvalue weighted by atomic mass is 9.78. The molecule has 0 radical (unpaired) electrons. The molecule has 1 fully saturated rings. The van der Waals surface area contributed by atoms with Crippen LogP contribution in [0.25, 0.3) is 0 Å². The molecule has 0 aromatic carbocycles. The first-order valence-electron chi connectivity index (χ1n) is 4.13. The molecule has 1 saturated carbocycles. The Hall–Kier alpha value is -0.520. The fourth-order valence-corrected chi connectivity index (χ4v) is 1.32. The fourth-order valence-electron chi connectivity index (χ4n) is 1.32. The van der Waals surface area contributed by atoms with Crippen LogP contribution in [0.5, 0.6) is 0 Å². The van der Waals surface area contributed by atoms with E-state index in [-0.39, 0.29) is 5.60 Å². The van der Waals surface area contributed by atoms with Crippen molar-refractivity contribution in [2.24, 2.45) is 0 Å². The molecule has 62 valence electrons. The zero-order chi connectivity index (χ0) is 8.16. The van der Waals surface area contributed by atoms with Crippen molar-refractivity contribution < 1.29 is 5.11 Å². The van der Waals surface area contributed by atoms with E-state index in [1.54, 1.807) is 0 Å². The Kier molecular flexibility index (Phi) is 2.92. The van der Waals surface area contributed by atoms with Crippen molar-refractivity contribution >= 4 is 0 Å². The number of aliphatic hydroxyl groups is 1. The van der Waals surface area contributed by atoms with E-state index in [4.69, 9.17) is 6.42 Å². The van der Waals surface area contributed by atoms with Crippen LogP contribution in [0, 0.1) is 12.3 Å². The van der Waals surface area contributed by atoms with Crippen LogP contribution < -0.4 is 5.32 Å². The number of rotatable bonds is 4. The summed E-state index contributed by atoms with van der Waals surface area (Å²) in [5.41, 5.74) is -0.360. The molecular formula is C9H15NO. The Morgan fingerprint density at radius 2 is 2.27 bits per heavy atom. The van der Waals surface area contributed by atoms with E-state index in [0.717, 1.165) is 25.8 Å². The first-order valence-corrected chi connectivity index (χ1v) is 4.13. The van der Waals surface area contributed by atoms with Gasteiger partial charge >= 0.3 is 0 Å². The zero-order valence-electron chi connectivity index (χ0n) is 6.77. The van der Waals surface area contributed by atoms with Gasteiger partial charge in [-0.15, -0.1) is 6.42 Å². The molecule has 2 N–H and O–H groups in total. The standard InChI is InChI=1S/C9H15NO/c1-2-7-10-8-6-9(11)4-3-5-9/h1,10-11H,3-8H2. The molecule has 0 spiro atoms. The number of terminal acetylenes is 1. The molecule has 0 unspecified atom stereocenters. The summed E-state index contributed by atoms with van der Waals surface area (Å²) < 4.78 is 0. The first-order chi connectivity index (χ1) is 5.27. The van der Waals surface area contributed by atoms with E-state index in [2.05, 4.69) is 11.2 Å². The third kappa shape index (κ3) is 2.53. The van der Waals surface area contributed by atoms with Gasteiger partial charge in [-0.25, -0.2) is 0 Å². The van der Waals surface area contributed by atoms with Crippen LogP contribution in [0.2, 0.25) is 0 Å². The van der Waals surface area contributed by atoms with E-state index in [9.17, 15) is 5.11 Å².